The Morgan fingerprint density at radius 3 is 2.38 bits per heavy atom. The van der Waals surface area contributed by atoms with Gasteiger partial charge in [-0.1, -0.05) is 62.4 Å². The fourth-order valence-corrected chi connectivity index (χ4v) is 3.91. The molecule has 2 aromatic carbocycles. The van der Waals surface area contributed by atoms with E-state index in [9.17, 15) is 9.90 Å². The summed E-state index contributed by atoms with van der Waals surface area (Å²) in [7, 11) is 0. The van der Waals surface area contributed by atoms with Crippen LogP contribution >= 0.6 is 0 Å². The SMILES string of the molecule is N[C@H](CC1CCCCC1)C(O)C(=O)NCCc1ccc(Oc2ccccc2)cc1. The molecule has 156 valence electrons. The quantitative estimate of drug-likeness (QED) is 0.602. The standard InChI is InChI=1S/C24H32N2O3/c25-22(17-19-7-3-1-4-8-19)23(27)24(28)26-16-15-18-11-13-21(14-12-18)29-20-9-5-2-6-10-20/h2,5-6,9-14,19,22-23,27H,1,3-4,7-8,15-17,25H2,(H,26,28)/t22-,23?/m1/s1. The maximum Gasteiger partial charge on any atom is 0.250 e. The molecule has 0 aliphatic heterocycles. The summed E-state index contributed by atoms with van der Waals surface area (Å²) in [5.41, 5.74) is 7.18. The van der Waals surface area contributed by atoms with Crippen molar-refractivity contribution in [3.63, 3.8) is 0 Å². The molecule has 0 heterocycles. The predicted octanol–water partition coefficient (Wildman–Crippen LogP) is 3.80. The predicted molar refractivity (Wildman–Crippen MR) is 115 cm³/mol. The van der Waals surface area contributed by atoms with Crippen molar-refractivity contribution in [2.45, 2.75) is 57.1 Å². The number of hydrogen-bond acceptors (Lipinski definition) is 4. The Balaban J connectivity index is 1.38. The largest absolute Gasteiger partial charge is 0.457 e. The summed E-state index contributed by atoms with van der Waals surface area (Å²) in [4.78, 5) is 12.2. The van der Waals surface area contributed by atoms with Crippen LogP contribution in [0.3, 0.4) is 0 Å². The van der Waals surface area contributed by atoms with Crippen molar-refractivity contribution in [1.29, 1.82) is 0 Å². The van der Waals surface area contributed by atoms with E-state index in [1.54, 1.807) is 0 Å². The normalized spacial score (nSPS) is 16.8. The van der Waals surface area contributed by atoms with Crippen molar-refractivity contribution < 1.29 is 14.6 Å². The first-order chi connectivity index (χ1) is 14.1. The fourth-order valence-electron chi connectivity index (χ4n) is 3.91. The second kappa shape index (κ2) is 11.0. The minimum Gasteiger partial charge on any atom is -0.457 e. The Kier molecular flexibility index (Phi) is 8.08. The molecular weight excluding hydrogens is 364 g/mol. The van der Waals surface area contributed by atoms with E-state index in [2.05, 4.69) is 5.32 Å². The van der Waals surface area contributed by atoms with Crippen LogP contribution < -0.4 is 15.8 Å². The van der Waals surface area contributed by atoms with Gasteiger partial charge in [0.15, 0.2) is 0 Å². The third-order valence-electron chi connectivity index (χ3n) is 5.62. The van der Waals surface area contributed by atoms with Gasteiger partial charge in [-0.3, -0.25) is 4.79 Å². The van der Waals surface area contributed by atoms with E-state index in [1.807, 2.05) is 54.6 Å². The number of rotatable bonds is 9. The minimum absolute atomic E-state index is 0.377. The molecule has 1 amide bonds. The molecule has 29 heavy (non-hydrogen) atoms. The first kappa shape index (κ1) is 21.3. The molecule has 1 saturated carbocycles. The van der Waals surface area contributed by atoms with Crippen molar-refractivity contribution >= 4 is 5.91 Å². The molecule has 1 unspecified atom stereocenters. The van der Waals surface area contributed by atoms with Crippen LogP contribution in [0.1, 0.15) is 44.1 Å². The molecule has 5 nitrogen and oxygen atoms in total. The van der Waals surface area contributed by atoms with Crippen LogP contribution in [0.5, 0.6) is 11.5 Å². The second-order valence-electron chi connectivity index (χ2n) is 7.95. The summed E-state index contributed by atoms with van der Waals surface area (Å²) in [5.74, 6) is 1.73. The molecular formula is C24H32N2O3. The van der Waals surface area contributed by atoms with Crippen LogP contribution in [0.15, 0.2) is 54.6 Å². The maximum absolute atomic E-state index is 12.2. The molecule has 5 heteroatoms. The summed E-state index contributed by atoms with van der Waals surface area (Å²) in [6.45, 7) is 0.463. The van der Waals surface area contributed by atoms with Crippen LogP contribution in [0.4, 0.5) is 0 Å². The third kappa shape index (κ3) is 6.87. The van der Waals surface area contributed by atoms with Gasteiger partial charge < -0.3 is 20.9 Å². The monoisotopic (exact) mass is 396 g/mol. The maximum atomic E-state index is 12.2. The van der Waals surface area contributed by atoms with Gasteiger partial charge in [-0.25, -0.2) is 0 Å². The summed E-state index contributed by atoms with van der Waals surface area (Å²) in [5, 5.41) is 13.0. The number of nitrogens with one attached hydrogen (secondary N) is 1. The highest BCUT2D eigenvalue weighted by Gasteiger charge is 2.26. The van der Waals surface area contributed by atoms with E-state index in [4.69, 9.17) is 10.5 Å². The topological polar surface area (TPSA) is 84.6 Å². The molecule has 2 atom stereocenters. The number of nitrogens with two attached hydrogens (primary N) is 1. The van der Waals surface area contributed by atoms with Gasteiger partial charge in [0.2, 0.25) is 5.91 Å². The number of benzene rings is 2. The number of amides is 1. The molecule has 0 bridgehead atoms. The minimum atomic E-state index is -1.14. The van der Waals surface area contributed by atoms with Gasteiger partial charge in [-0.15, -0.1) is 0 Å². The van der Waals surface area contributed by atoms with E-state index in [0.29, 0.717) is 18.9 Å². The van der Waals surface area contributed by atoms with Gasteiger partial charge in [0.05, 0.1) is 0 Å². The zero-order valence-electron chi connectivity index (χ0n) is 16.9. The van der Waals surface area contributed by atoms with Gasteiger partial charge in [0.1, 0.15) is 17.6 Å². The van der Waals surface area contributed by atoms with Crippen molar-refractivity contribution in [3.05, 3.63) is 60.2 Å². The number of aliphatic hydroxyl groups is 1. The highest BCUT2D eigenvalue weighted by molar-refractivity contribution is 5.81. The Labute approximate surface area is 173 Å². The number of hydrogen-bond donors (Lipinski definition) is 3. The van der Waals surface area contributed by atoms with Gasteiger partial charge >= 0.3 is 0 Å². The summed E-state index contributed by atoms with van der Waals surface area (Å²) in [6.07, 6.45) is 6.33. The highest BCUT2D eigenvalue weighted by Crippen LogP contribution is 2.27. The smallest absolute Gasteiger partial charge is 0.250 e. The van der Waals surface area contributed by atoms with E-state index >= 15 is 0 Å². The number of carbonyl (C=O) groups excluding carboxylic acids is 1. The zero-order valence-corrected chi connectivity index (χ0v) is 16.9. The van der Waals surface area contributed by atoms with Crippen LogP contribution in [0.25, 0.3) is 0 Å². The summed E-state index contributed by atoms with van der Waals surface area (Å²) >= 11 is 0. The molecule has 4 N–H and O–H groups in total. The molecule has 1 fully saturated rings. The molecule has 0 spiro atoms. The lowest BCUT2D eigenvalue weighted by Crippen LogP contribution is -2.47. The zero-order chi connectivity index (χ0) is 20.5. The van der Waals surface area contributed by atoms with E-state index in [-0.39, 0.29) is 5.91 Å². The van der Waals surface area contributed by atoms with Gasteiger partial charge in [0, 0.05) is 12.6 Å². The average Bonchev–Trinajstić information content (AvgIpc) is 2.76. The molecule has 2 aromatic rings. The fraction of sp³-hybridized carbons (Fsp3) is 0.458. The average molecular weight is 397 g/mol. The number of aliphatic hydroxyl groups excluding tert-OH is 1. The molecule has 0 aromatic heterocycles. The van der Waals surface area contributed by atoms with Crippen LogP contribution in [-0.2, 0) is 11.2 Å². The van der Waals surface area contributed by atoms with Gasteiger partial charge in [0.25, 0.3) is 0 Å². The number of carbonyl (C=O) groups is 1. The summed E-state index contributed by atoms with van der Waals surface area (Å²) < 4.78 is 5.78. The molecule has 1 aliphatic carbocycles. The lowest BCUT2D eigenvalue weighted by atomic mass is 9.84. The Morgan fingerprint density at radius 1 is 1.03 bits per heavy atom. The Morgan fingerprint density at radius 2 is 1.69 bits per heavy atom. The Hall–Kier alpha value is -2.37. The molecule has 0 saturated heterocycles. The van der Waals surface area contributed by atoms with E-state index in [1.165, 1.54) is 19.3 Å². The Bertz CT molecular complexity index is 742. The molecule has 0 radical (unpaired) electrons. The van der Waals surface area contributed by atoms with Gasteiger partial charge in [-0.2, -0.15) is 0 Å². The third-order valence-corrected chi connectivity index (χ3v) is 5.62. The molecule has 1 aliphatic rings. The highest BCUT2D eigenvalue weighted by atomic mass is 16.5. The van der Waals surface area contributed by atoms with Crippen LogP contribution in [0, 0.1) is 5.92 Å². The summed E-state index contributed by atoms with van der Waals surface area (Å²) in [6, 6.07) is 16.9. The molecule has 3 rings (SSSR count). The lowest BCUT2D eigenvalue weighted by Gasteiger charge is -2.26. The second-order valence-corrected chi connectivity index (χ2v) is 7.95. The first-order valence-corrected chi connectivity index (χ1v) is 10.6. The lowest BCUT2D eigenvalue weighted by molar-refractivity contribution is -0.130. The van der Waals surface area contributed by atoms with Crippen LogP contribution in [-0.4, -0.2) is 29.7 Å². The van der Waals surface area contributed by atoms with E-state index < -0.39 is 12.1 Å². The van der Waals surface area contributed by atoms with Crippen molar-refractivity contribution in [1.82, 2.24) is 5.32 Å². The number of para-hydroxylation sites is 1. The van der Waals surface area contributed by atoms with E-state index in [0.717, 1.165) is 36.3 Å². The first-order valence-electron chi connectivity index (χ1n) is 10.6. The van der Waals surface area contributed by atoms with Crippen molar-refractivity contribution in [2.75, 3.05) is 6.54 Å². The van der Waals surface area contributed by atoms with Gasteiger partial charge in [-0.05, 0) is 48.6 Å². The van der Waals surface area contributed by atoms with Crippen LogP contribution in [0.2, 0.25) is 0 Å². The van der Waals surface area contributed by atoms with Crippen molar-refractivity contribution in [3.8, 4) is 11.5 Å². The van der Waals surface area contributed by atoms with Crippen molar-refractivity contribution in [2.24, 2.45) is 11.7 Å². The number of ether oxygens (including phenoxy) is 1.